The lowest BCUT2D eigenvalue weighted by Crippen LogP contribution is -2.47. The average Bonchev–Trinajstić information content (AvgIpc) is 3.09. The summed E-state index contributed by atoms with van der Waals surface area (Å²) in [6, 6.07) is 4.90. The Morgan fingerprint density at radius 3 is 2.88 bits per heavy atom. The molecule has 3 rings (SSSR count). The Hall–Kier alpha value is -2.77. The number of rotatable bonds is 3. The third-order valence-corrected chi connectivity index (χ3v) is 4.15. The molecule has 1 atom stereocenters. The maximum Gasteiger partial charge on any atom is 0.313 e. The summed E-state index contributed by atoms with van der Waals surface area (Å²) in [4.78, 5) is 37.8. The quantitative estimate of drug-likeness (QED) is 0.651. The Kier molecular flexibility index (Phi) is 5.06. The van der Waals surface area contributed by atoms with Crippen molar-refractivity contribution in [1.29, 1.82) is 0 Å². The molecule has 8 heteroatoms. The summed E-state index contributed by atoms with van der Waals surface area (Å²) in [6.45, 7) is 2.82. The van der Waals surface area contributed by atoms with Crippen LogP contribution in [0.5, 0.6) is 11.5 Å². The van der Waals surface area contributed by atoms with Gasteiger partial charge < -0.3 is 24.4 Å². The minimum absolute atomic E-state index is 0.134. The van der Waals surface area contributed by atoms with Crippen LogP contribution in [-0.2, 0) is 19.1 Å². The second-order valence-electron chi connectivity index (χ2n) is 5.86. The Labute approximate surface area is 145 Å². The number of piperidine rings is 1. The van der Waals surface area contributed by atoms with Crippen LogP contribution in [0, 0.1) is 5.92 Å². The third kappa shape index (κ3) is 3.84. The fourth-order valence-corrected chi connectivity index (χ4v) is 2.92. The molecule has 0 aromatic heterocycles. The van der Waals surface area contributed by atoms with E-state index in [9.17, 15) is 14.4 Å². The van der Waals surface area contributed by atoms with Crippen molar-refractivity contribution in [2.75, 3.05) is 31.8 Å². The molecule has 1 N–H and O–H groups in total. The van der Waals surface area contributed by atoms with Crippen molar-refractivity contribution in [2.24, 2.45) is 5.92 Å². The lowest BCUT2D eigenvalue weighted by atomic mass is 9.98. The molecule has 0 spiro atoms. The number of amides is 2. The molecular formula is C17H20N2O6. The highest BCUT2D eigenvalue weighted by molar-refractivity contribution is 6.39. The fraction of sp³-hybridized carbons (Fsp3) is 0.471. The standard InChI is InChI=1S/C17H20N2O6/c1-2-23-17(22)11-4-3-7-19(9-11)16(21)15(20)18-12-5-6-13-14(8-12)25-10-24-13/h5-6,8,11H,2-4,7,9-10H2,1H3,(H,18,20). The number of esters is 1. The van der Waals surface area contributed by atoms with Gasteiger partial charge >= 0.3 is 17.8 Å². The molecule has 2 amide bonds. The Morgan fingerprint density at radius 1 is 1.28 bits per heavy atom. The largest absolute Gasteiger partial charge is 0.466 e. The zero-order chi connectivity index (χ0) is 17.8. The molecule has 2 aliphatic heterocycles. The maximum absolute atomic E-state index is 12.4. The van der Waals surface area contributed by atoms with Gasteiger partial charge in [0.2, 0.25) is 6.79 Å². The van der Waals surface area contributed by atoms with E-state index in [0.717, 1.165) is 0 Å². The van der Waals surface area contributed by atoms with Crippen LogP contribution >= 0.6 is 0 Å². The van der Waals surface area contributed by atoms with E-state index in [2.05, 4.69) is 5.32 Å². The summed E-state index contributed by atoms with van der Waals surface area (Å²) in [5.74, 6) is -0.995. The predicted octanol–water partition coefficient (Wildman–Crippen LogP) is 1.16. The van der Waals surface area contributed by atoms with Gasteiger partial charge in [-0.05, 0) is 31.9 Å². The summed E-state index contributed by atoms with van der Waals surface area (Å²) < 4.78 is 15.4. The van der Waals surface area contributed by atoms with E-state index in [4.69, 9.17) is 14.2 Å². The van der Waals surface area contributed by atoms with Gasteiger partial charge in [0.15, 0.2) is 11.5 Å². The van der Waals surface area contributed by atoms with Crippen LogP contribution in [0.3, 0.4) is 0 Å². The summed E-state index contributed by atoms with van der Waals surface area (Å²) >= 11 is 0. The van der Waals surface area contributed by atoms with Crippen LogP contribution in [0.2, 0.25) is 0 Å². The summed E-state index contributed by atoms with van der Waals surface area (Å²) in [6.07, 6.45) is 1.32. The van der Waals surface area contributed by atoms with E-state index in [1.165, 1.54) is 4.90 Å². The van der Waals surface area contributed by atoms with Crippen molar-refractivity contribution in [3.63, 3.8) is 0 Å². The van der Waals surface area contributed by atoms with Gasteiger partial charge in [-0.2, -0.15) is 0 Å². The number of hydrogen-bond donors (Lipinski definition) is 1. The first kappa shape index (κ1) is 17.1. The third-order valence-electron chi connectivity index (χ3n) is 4.15. The van der Waals surface area contributed by atoms with E-state index in [0.29, 0.717) is 43.2 Å². The Bertz CT molecular complexity index is 690. The number of nitrogens with one attached hydrogen (secondary N) is 1. The van der Waals surface area contributed by atoms with Crippen molar-refractivity contribution in [3.8, 4) is 11.5 Å². The van der Waals surface area contributed by atoms with Gasteiger partial charge in [-0.25, -0.2) is 0 Å². The van der Waals surface area contributed by atoms with Crippen LogP contribution in [0.1, 0.15) is 19.8 Å². The fourth-order valence-electron chi connectivity index (χ4n) is 2.92. The van der Waals surface area contributed by atoms with Crippen LogP contribution in [0.4, 0.5) is 5.69 Å². The van der Waals surface area contributed by atoms with E-state index in [1.54, 1.807) is 25.1 Å². The molecule has 1 saturated heterocycles. The highest BCUT2D eigenvalue weighted by Crippen LogP contribution is 2.34. The van der Waals surface area contributed by atoms with Crippen molar-refractivity contribution in [3.05, 3.63) is 18.2 Å². The highest BCUT2D eigenvalue weighted by atomic mass is 16.7. The molecular weight excluding hydrogens is 328 g/mol. The number of carbonyl (C=O) groups excluding carboxylic acids is 3. The van der Waals surface area contributed by atoms with Crippen molar-refractivity contribution >= 4 is 23.5 Å². The predicted molar refractivity (Wildman–Crippen MR) is 87.1 cm³/mol. The van der Waals surface area contributed by atoms with Gasteiger partial charge in [0.1, 0.15) is 0 Å². The Balaban J connectivity index is 1.60. The van der Waals surface area contributed by atoms with Crippen molar-refractivity contribution in [1.82, 2.24) is 4.90 Å². The molecule has 25 heavy (non-hydrogen) atoms. The average molecular weight is 348 g/mol. The lowest BCUT2D eigenvalue weighted by Gasteiger charge is -2.30. The number of benzene rings is 1. The van der Waals surface area contributed by atoms with Gasteiger partial charge in [0.25, 0.3) is 0 Å². The van der Waals surface area contributed by atoms with E-state index in [-0.39, 0.29) is 25.2 Å². The van der Waals surface area contributed by atoms with Crippen molar-refractivity contribution < 1.29 is 28.6 Å². The van der Waals surface area contributed by atoms with E-state index < -0.39 is 11.8 Å². The summed E-state index contributed by atoms with van der Waals surface area (Å²) in [7, 11) is 0. The number of hydrogen-bond acceptors (Lipinski definition) is 6. The van der Waals surface area contributed by atoms with Gasteiger partial charge in [-0.3, -0.25) is 14.4 Å². The van der Waals surface area contributed by atoms with Crippen LogP contribution in [0.15, 0.2) is 18.2 Å². The lowest BCUT2D eigenvalue weighted by molar-refractivity contribution is -0.153. The normalized spacial score (nSPS) is 18.6. The summed E-state index contributed by atoms with van der Waals surface area (Å²) in [5.41, 5.74) is 0.446. The van der Waals surface area contributed by atoms with E-state index >= 15 is 0 Å². The van der Waals surface area contributed by atoms with Crippen LogP contribution < -0.4 is 14.8 Å². The second-order valence-corrected chi connectivity index (χ2v) is 5.86. The molecule has 0 bridgehead atoms. The number of ether oxygens (including phenoxy) is 3. The van der Waals surface area contributed by atoms with Gasteiger partial charge in [-0.15, -0.1) is 0 Å². The van der Waals surface area contributed by atoms with Crippen molar-refractivity contribution in [2.45, 2.75) is 19.8 Å². The van der Waals surface area contributed by atoms with Gasteiger partial charge in [0, 0.05) is 24.8 Å². The molecule has 2 heterocycles. The van der Waals surface area contributed by atoms with E-state index in [1.807, 2.05) is 0 Å². The number of nitrogens with zero attached hydrogens (tertiary/aromatic N) is 1. The zero-order valence-corrected chi connectivity index (χ0v) is 13.9. The zero-order valence-electron chi connectivity index (χ0n) is 13.9. The molecule has 134 valence electrons. The van der Waals surface area contributed by atoms with Crippen LogP contribution in [0.25, 0.3) is 0 Å². The monoisotopic (exact) mass is 348 g/mol. The SMILES string of the molecule is CCOC(=O)C1CCCN(C(=O)C(=O)Nc2ccc3c(c2)OCO3)C1. The van der Waals surface area contributed by atoms with Gasteiger partial charge in [-0.1, -0.05) is 0 Å². The topological polar surface area (TPSA) is 94.2 Å². The molecule has 8 nitrogen and oxygen atoms in total. The molecule has 1 unspecified atom stereocenters. The first-order valence-electron chi connectivity index (χ1n) is 8.25. The highest BCUT2D eigenvalue weighted by Gasteiger charge is 2.32. The Morgan fingerprint density at radius 2 is 2.08 bits per heavy atom. The molecule has 0 radical (unpaired) electrons. The van der Waals surface area contributed by atoms with Crippen LogP contribution in [-0.4, -0.2) is 49.2 Å². The molecule has 2 aliphatic rings. The summed E-state index contributed by atoms with van der Waals surface area (Å²) in [5, 5.41) is 2.56. The smallest absolute Gasteiger partial charge is 0.313 e. The first-order valence-corrected chi connectivity index (χ1v) is 8.25. The minimum atomic E-state index is -0.747. The number of likely N-dealkylation sites (tertiary alicyclic amines) is 1. The maximum atomic E-state index is 12.4. The number of anilines is 1. The first-order chi connectivity index (χ1) is 12.1. The number of fused-ring (bicyclic) bond motifs is 1. The molecule has 1 fully saturated rings. The number of carbonyl (C=O) groups is 3. The molecule has 0 saturated carbocycles. The molecule has 1 aromatic rings. The second kappa shape index (κ2) is 7.42. The van der Waals surface area contributed by atoms with Gasteiger partial charge in [0.05, 0.1) is 12.5 Å². The molecule has 1 aromatic carbocycles. The molecule has 0 aliphatic carbocycles. The minimum Gasteiger partial charge on any atom is -0.466 e.